The first kappa shape index (κ1) is 15.0. The van der Waals surface area contributed by atoms with E-state index in [9.17, 15) is 9.18 Å². The number of aromatic nitrogens is 2. The third-order valence-corrected chi connectivity index (χ3v) is 5.41. The van der Waals surface area contributed by atoms with E-state index in [1.807, 2.05) is 0 Å². The average Bonchev–Trinajstić information content (AvgIpc) is 2.45. The van der Waals surface area contributed by atoms with Gasteiger partial charge in [-0.3, -0.25) is 4.79 Å². The summed E-state index contributed by atoms with van der Waals surface area (Å²) in [5.74, 6) is 0.793. The van der Waals surface area contributed by atoms with Gasteiger partial charge in [0, 0.05) is 29.0 Å². The second kappa shape index (κ2) is 6.46. The van der Waals surface area contributed by atoms with E-state index >= 15 is 0 Å². The molecule has 0 amide bonds. The van der Waals surface area contributed by atoms with Gasteiger partial charge in [0.15, 0.2) is 0 Å². The number of benzene rings is 1. The minimum Gasteiger partial charge on any atom is -0.381 e. The summed E-state index contributed by atoms with van der Waals surface area (Å²) in [4.78, 5) is 19.2. The van der Waals surface area contributed by atoms with Gasteiger partial charge >= 0.3 is 0 Å². The molecule has 112 valence electrons. The van der Waals surface area contributed by atoms with E-state index in [0.717, 1.165) is 26.1 Å². The molecule has 0 atom stereocenters. The second-order valence-corrected chi connectivity index (χ2v) is 7.06. The molecule has 0 bridgehead atoms. The topological polar surface area (TPSA) is 55.0 Å². The molecule has 1 saturated heterocycles. The molecule has 0 unspecified atom stereocenters. The van der Waals surface area contributed by atoms with Crippen LogP contribution >= 0.6 is 27.7 Å². The zero-order valence-corrected chi connectivity index (χ0v) is 13.6. The Morgan fingerprint density at radius 3 is 2.95 bits per heavy atom. The Bertz CT molecular complexity index is 716. The number of fused-ring (bicyclic) bond motifs is 1. The van der Waals surface area contributed by atoms with Gasteiger partial charge in [-0.2, -0.15) is 11.8 Å². The molecule has 1 aliphatic heterocycles. The quantitative estimate of drug-likeness (QED) is 0.898. The molecule has 2 heterocycles. The van der Waals surface area contributed by atoms with Crippen LogP contribution in [0.15, 0.2) is 21.4 Å². The van der Waals surface area contributed by atoms with E-state index < -0.39 is 5.82 Å². The fraction of sp³-hybridized carbons (Fsp3) is 0.429. The lowest BCUT2D eigenvalue weighted by Crippen LogP contribution is -2.18. The van der Waals surface area contributed by atoms with E-state index in [0.29, 0.717) is 32.2 Å². The molecule has 0 spiro atoms. The van der Waals surface area contributed by atoms with Crippen molar-refractivity contribution in [2.75, 3.05) is 13.2 Å². The van der Waals surface area contributed by atoms with Gasteiger partial charge in [0.25, 0.3) is 5.56 Å². The van der Waals surface area contributed by atoms with Crippen LogP contribution in [0.25, 0.3) is 10.9 Å². The maximum atomic E-state index is 13.4. The first-order valence-corrected chi connectivity index (χ1v) is 8.55. The van der Waals surface area contributed by atoms with Crippen LogP contribution in [0.3, 0.4) is 0 Å². The first-order valence-electron chi connectivity index (χ1n) is 6.71. The Morgan fingerprint density at radius 2 is 2.19 bits per heavy atom. The Hall–Kier alpha value is -0.920. The molecule has 2 aromatic rings. The minimum absolute atomic E-state index is 0.241. The van der Waals surface area contributed by atoms with Crippen molar-refractivity contribution in [3.05, 3.63) is 38.6 Å². The highest BCUT2D eigenvalue weighted by molar-refractivity contribution is 9.10. The molecule has 1 aromatic carbocycles. The van der Waals surface area contributed by atoms with Crippen molar-refractivity contribution in [1.82, 2.24) is 9.97 Å². The molecule has 1 aliphatic rings. The SMILES string of the molecule is O=c1[nH]c(CSC2CCOCC2)nc2cc(F)cc(Br)c12. The van der Waals surface area contributed by atoms with Crippen molar-refractivity contribution in [2.45, 2.75) is 23.8 Å². The summed E-state index contributed by atoms with van der Waals surface area (Å²) in [6.45, 7) is 1.58. The summed E-state index contributed by atoms with van der Waals surface area (Å²) in [6, 6.07) is 2.56. The van der Waals surface area contributed by atoms with Gasteiger partial charge in [-0.25, -0.2) is 9.37 Å². The van der Waals surface area contributed by atoms with E-state index in [4.69, 9.17) is 4.74 Å². The van der Waals surface area contributed by atoms with E-state index in [-0.39, 0.29) is 5.56 Å². The van der Waals surface area contributed by atoms with Crippen LogP contribution in [0, 0.1) is 5.82 Å². The predicted molar refractivity (Wildman–Crippen MR) is 85.2 cm³/mol. The smallest absolute Gasteiger partial charge is 0.259 e. The molecular weight excluding hydrogens is 359 g/mol. The molecule has 1 aromatic heterocycles. The molecule has 0 radical (unpaired) electrons. The van der Waals surface area contributed by atoms with Crippen LogP contribution in [0.4, 0.5) is 4.39 Å². The zero-order valence-electron chi connectivity index (χ0n) is 11.2. The number of ether oxygens (including phenoxy) is 1. The van der Waals surface area contributed by atoms with E-state index in [2.05, 4.69) is 25.9 Å². The minimum atomic E-state index is -0.407. The van der Waals surface area contributed by atoms with E-state index in [1.54, 1.807) is 11.8 Å². The summed E-state index contributed by atoms with van der Waals surface area (Å²) >= 11 is 4.96. The van der Waals surface area contributed by atoms with Gasteiger partial charge in [-0.1, -0.05) is 0 Å². The Labute approximate surface area is 133 Å². The Balaban J connectivity index is 1.84. The van der Waals surface area contributed by atoms with Crippen LogP contribution in [-0.2, 0) is 10.5 Å². The average molecular weight is 373 g/mol. The van der Waals surface area contributed by atoms with Gasteiger partial charge in [-0.15, -0.1) is 0 Å². The highest BCUT2D eigenvalue weighted by Gasteiger charge is 2.15. The Morgan fingerprint density at radius 1 is 1.43 bits per heavy atom. The summed E-state index contributed by atoms with van der Waals surface area (Å²) in [6.07, 6.45) is 2.03. The highest BCUT2D eigenvalue weighted by atomic mass is 79.9. The van der Waals surface area contributed by atoms with Gasteiger partial charge in [0.2, 0.25) is 0 Å². The number of halogens is 2. The van der Waals surface area contributed by atoms with Crippen molar-refractivity contribution in [3.8, 4) is 0 Å². The fourth-order valence-corrected chi connectivity index (χ4v) is 4.01. The zero-order chi connectivity index (χ0) is 14.8. The van der Waals surface area contributed by atoms with Crippen LogP contribution in [0.5, 0.6) is 0 Å². The van der Waals surface area contributed by atoms with Gasteiger partial charge in [0.05, 0.1) is 16.7 Å². The standard InChI is InChI=1S/C14H14BrFN2O2S/c15-10-5-8(16)6-11-13(10)14(19)18-12(17-11)7-21-9-1-3-20-4-2-9/h5-6,9H,1-4,7H2,(H,17,18,19). The number of aromatic amines is 1. The van der Waals surface area contributed by atoms with Crippen LogP contribution < -0.4 is 5.56 Å². The molecule has 1 N–H and O–H groups in total. The van der Waals surface area contributed by atoms with Gasteiger partial charge in [-0.05, 0) is 34.8 Å². The second-order valence-electron chi connectivity index (χ2n) is 4.92. The lowest BCUT2D eigenvalue weighted by atomic mass is 10.2. The highest BCUT2D eigenvalue weighted by Crippen LogP contribution is 2.25. The third-order valence-electron chi connectivity index (χ3n) is 3.40. The summed E-state index contributed by atoms with van der Waals surface area (Å²) in [7, 11) is 0. The number of nitrogens with zero attached hydrogens (tertiary/aromatic N) is 1. The van der Waals surface area contributed by atoms with Crippen molar-refractivity contribution in [2.24, 2.45) is 0 Å². The van der Waals surface area contributed by atoms with Gasteiger partial charge < -0.3 is 9.72 Å². The number of thioether (sulfide) groups is 1. The van der Waals surface area contributed by atoms with Crippen LogP contribution in [-0.4, -0.2) is 28.4 Å². The van der Waals surface area contributed by atoms with E-state index in [1.165, 1.54) is 12.1 Å². The van der Waals surface area contributed by atoms with Crippen molar-refractivity contribution >= 4 is 38.6 Å². The molecule has 1 fully saturated rings. The number of H-pyrrole nitrogens is 1. The third kappa shape index (κ3) is 3.46. The normalized spacial score (nSPS) is 16.5. The molecular formula is C14H14BrFN2O2S. The number of hydrogen-bond acceptors (Lipinski definition) is 4. The molecule has 7 heteroatoms. The number of rotatable bonds is 3. The lowest BCUT2D eigenvalue weighted by molar-refractivity contribution is 0.1000. The first-order chi connectivity index (χ1) is 10.1. The van der Waals surface area contributed by atoms with Crippen molar-refractivity contribution in [3.63, 3.8) is 0 Å². The molecule has 4 nitrogen and oxygen atoms in total. The molecule has 21 heavy (non-hydrogen) atoms. The van der Waals surface area contributed by atoms with Crippen molar-refractivity contribution in [1.29, 1.82) is 0 Å². The molecule has 3 rings (SSSR count). The predicted octanol–water partition coefficient (Wildman–Crippen LogP) is 3.24. The largest absolute Gasteiger partial charge is 0.381 e. The number of hydrogen-bond donors (Lipinski definition) is 1. The van der Waals surface area contributed by atoms with Gasteiger partial charge in [0.1, 0.15) is 11.6 Å². The van der Waals surface area contributed by atoms with Crippen LogP contribution in [0.1, 0.15) is 18.7 Å². The maximum Gasteiger partial charge on any atom is 0.259 e. The lowest BCUT2D eigenvalue weighted by Gasteiger charge is -2.21. The molecule has 0 aliphatic carbocycles. The molecule has 0 saturated carbocycles. The number of nitrogens with one attached hydrogen (secondary N) is 1. The summed E-state index contributed by atoms with van der Waals surface area (Å²) in [5, 5.41) is 0.912. The van der Waals surface area contributed by atoms with Crippen LogP contribution in [0.2, 0.25) is 0 Å². The Kier molecular flexibility index (Phi) is 4.61. The maximum absolute atomic E-state index is 13.4. The van der Waals surface area contributed by atoms with Crippen molar-refractivity contribution < 1.29 is 9.13 Å². The summed E-state index contributed by atoms with van der Waals surface area (Å²) < 4.78 is 19.2. The monoisotopic (exact) mass is 372 g/mol. The summed E-state index contributed by atoms with van der Waals surface area (Å²) in [5.41, 5.74) is 0.141. The fourth-order valence-electron chi connectivity index (χ4n) is 2.35.